The number of sulfone groups is 1. The molecule has 1 aromatic rings. The van der Waals surface area contributed by atoms with Gasteiger partial charge < -0.3 is 15.4 Å². The number of nitrogens with one attached hydrogen (secondary N) is 2. The molecule has 0 aromatic carbocycles. The summed E-state index contributed by atoms with van der Waals surface area (Å²) in [7, 11) is -3.13. The van der Waals surface area contributed by atoms with E-state index < -0.39 is 39.3 Å². The third kappa shape index (κ3) is 5.79. The van der Waals surface area contributed by atoms with Gasteiger partial charge in [-0.25, -0.2) is 13.2 Å². The second kappa shape index (κ2) is 8.43. The number of esters is 1. The quantitative estimate of drug-likeness (QED) is 0.672. The molecule has 8 nitrogen and oxygen atoms in total. The Kier molecular flexibility index (Phi) is 6.79. The molecular weight excluding hydrogens is 416 g/mol. The van der Waals surface area contributed by atoms with E-state index in [0.717, 1.165) is 4.88 Å². The van der Waals surface area contributed by atoms with Crippen LogP contribution in [0.15, 0.2) is 0 Å². The molecule has 0 aliphatic carbocycles. The Morgan fingerprint density at radius 1 is 1.21 bits per heavy atom. The molecule has 2 rings (SSSR count). The predicted molar refractivity (Wildman–Crippen MR) is 112 cm³/mol. The Balaban J connectivity index is 2.09. The summed E-state index contributed by atoms with van der Waals surface area (Å²) in [5.41, 5.74) is 0.272. The minimum atomic E-state index is -3.13. The van der Waals surface area contributed by atoms with E-state index in [1.165, 1.54) is 18.3 Å². The Labute approximate surface area is 175 Å². The van der Waals surface area contributed by atoms with Crippen molar-refractivity contribution in [3.05, 3.63) is 16.0 Å². The minimum Gasteiger partial charge on any atom is -0.449 e. The van der Waals surface area contributed by atoms with E-state index in [-0.39, 0.29) is 23.0 Å². The first-order valence-electron chi connectivity index (χ1n) is 9.34. The van der Waals surface area contributed by atoms with Gasteiger partial charge in [0.15, 0.2) is 15.9 Å². The van der Waals surface area contributed by atoms with Gasteiger partial charge in [0.05, 0.1) is 17.1 Å². The fourth-order valence-electron chi connectivity index (χ4n) is 2.75. The third-order valence-corrected chi connectivity index (χ3v) is 7.62. The average molecular weight is 445 g/mol. The Hall–Kier alpha value is -1.94. The Morgan fingerprint density at radius 2 is 1.83 bits per heavy atom. The molecule has 0 saturated carbocycles. The number of ether oxygens (including phenoxy) is 1. The van der Waals surface area contributed by atoms with Gasteiger partial charge >= 0.3 is 5.97 Å². The van der Waals surface area contributed by atoms with E-state index in [1.807, 2.05) is 6.92 Å². The van der Waals surface area contributed by atoms with E-state index in [0.29, 0.717) is 17.0 Å². The first-order valence-corrected chi connectivity index (χ1v) is 12.0. The maximum atomic E-state index is 12.7. The molecule has 0 unspecified atom stereocenters. The number of hydrogen-bond acceptors (Lipinski definition) is 7. The number of rotatable bonds is 5. The van der Waals surface area contributed by atoms with E-state index in [9.17, 15) is 22.8 Å². The normalized spacial score (nSPS) is 19.4. The summed E-state index contributed by atoms with van der Waals surface area (Å²) >= 11 is 1.28. The number of carbonyl (C=O) groups is 3. The van der Waals surface area contributed by atoms with Crippen LogP contribution in [0, 0.1) is 19.3 Å². The Bertz CT molecular complexity index is 927. The lowest BCUT2D eigenvalue weighted by Crippen LogP contribution is -2.42. The monoisotopic (exact) mass is 444 g/mol. The maximum Gasteiger partial charge on any atom is 0.342 e. The largest absolute Gasteiger partial charge is 0.449 e. The number of carbonyl (C=O) groups excluding carboxylic acids is 3. The van der Waals surface area contributed by atoms with Crippen LogP contribution in [-0.4, -0.2) is 49.9 Å². The molecule has 10 heteroatoms. The number of aryl methyl sites for hydroxylation is 1. The summed E-state index contributed by atoms with van der Waals surface area (Å²) in [5, 5.41) is 5.78. The first kappa shape index (κ1) is 23.3. The van der Waals surface area contributed by atoms with Crippen LogP contribution in [-0.2, 0) is 24.2 Å². The van der Waals surface area contributed by atoms with Gasteiger partial charge in [0.25, 0.3) is 5.91 Å². The predicted octanol–water partition coefficient (Wildman–Crippen LogP) is 2.20. The summed E-state index contributed by atoms with van der Waals surface area (Å²) in [5.74, 6) is -1.56. The highest BCUT2D eigenvalue weighted by Crippen LogP contribution is 2.34. The van der Waals surface area contributed by atoms with Crippen LogP contribution < -0.4 is 10.6 Å². The highest BCUT2D eigenvalue weighted by molar-refractivity contribution is 7.91. The fraction of sp³-hybridized carbons (Fsp3) is 0.632. The van der Waals surface area contributed by atoms with Crippen molar-refractivity contribution < 1.29 is 27.5 Å². The zero-order valence-corrected chi connectivity index (χ0v) is 19.2. The van der Waals surface area contributed by atoms with Crippen LogP contribution >= 0.6 is 11.3 Å². The first-order chi connectivity index (χ1) is 13.2. The standard InChI is InChI=1S/C19H28N2O6S2/c1-10-12(3)28-16(21-18(24)19(4,5)6)14(10)17(23)27-11(2)15(22)20-13-7-8-29(25,26)9-13/h11,13H,7-9H2,1-6H3,(H,20,22)(H,21,24)/t11-,13+/m0/s1. The van der Waals surface area contributed by atoms with Gasteiger partial charge in [-0.05, 0) is 32.8 Å². The summed E-state index contributed by atoms with van der Waals surface area (Å²) in [4.78, 5) is 38.2. The van der Waals surface area contributed by atoms with Crippen LogP contribution in [0.5, 0.6) is 0 Å². The molecule has 1 fully saturated rings. The van der Waals surface area contributed by atoms with Crippen LogP contribution in [0.25, 0.3) is 0 Å². The molecular formula is C19H28N2O6S2. The lowest BCUT2D eigenvalue weighted by atomic mass is 9.96. The van der Waals surface area contributed by atoms with Gasteiger partial charge in [0, 0.05) is 16.3 Å². The van der Waals surface area contributed by atoms with Gasteiger partial charge in [-0.1, -0.05) is 20.8 Å². The van der Waals surface area contributed by atoms with Crippen LogP contribution in [0.3, 0.4) is 0 Å². The van der Waals surface area contributed by atoms with Gasteiger partial charge in [0.2, 0.25) is 5.91 Å². The molecule has 2 atom stereocenters. The molecule has 2 heterocycles. The summed E-state index contributed by atoms with van der Waals surface area (Å²) in [6.45, 7) is 10.3. The number of amides is 2. The zero-order valence-electron chi connectivity index (χ0n) is 17.5. The number of anilines is 1. The smallest absolute Gasteiger partial charge is 0.342 e. The maximum absolute atomic E-state index is 12.7. The number of hydrogen-bond donors (Lipinski definition) is 2. The van der Waals surface area contributed by atoms with Crippen molar-refractivity contribution in [2.75, 3.05) is 16.8 Å². The molecule has 29 heavy (non-hydrogen) atoms. The van der Waals surface area contributed by atoms with Crippen molar-refractivity contribution in [1.29, 1.82) is 0 Å². The molecule has 1 aromatic heterocycles. The SMILES string of the molecule is Cc1sc(NC(=O)C(C)(C)C)c(C(=O)O[C@@H](C)C(=O)N[C@@H]2CCS(=O)(=O)C2)c1C. The second-order valence-electron chi connectivity index (χ2n) is 8.35. The molecule has 0 radical (unpaired) electrons. The van der Waals surface area contributed by atoms with Crippen molar-refractivity contribution in [2.45, 2.75) is 60.1 Å². The minimum absolute atomic E-state index is 0.0380. The summed E-state index contributed by atoms with van der Waals surface area (Å²) < 4.78 is 28.4. The molecule has 1 aliphatic rings. The summed E-state index contributed by atoms with van der Waals surface area (Å²) in [6, 6.07) is -0.472. The average Bonchev–Trinajstić information content (AvgIpc) is 3.05. The van der Waals surface area contributed by atoms with Crippen LogP contribution in [0.1, 0.15) is 54.9 Å². The van der Waals surface area contributed by atoms with Crippen molar-refractivity contribution in [3.63, 3.8) is 0 Å². The lowest BCUT2D eigenvalue weighted by molar-refractivity contribution is -0.129. The molecule has 1 aliphatic heterocycles. The van der Waals surface area contributed by atoms with E-state index in [4.69, 9.17) is 4.74 Å². The van der Waals surface area contributed by atoms with E-state index >= 15 is 0 Å². The summed E-state index contributed by atoms with van der Waals surface area (Å²) in [6.07, 6.45) is -0.753. The van der Waals surface area contributed by atoms with Crippen molar-refractivity contribution in [1.82, 2.24) is 5.32 Å². The molecule has 1 saturated heterocycles. The van der Waals surface area contributed by atoms with Gasteiger partial charge in [-0.3, -0.25) is 9.59 Å². The van der Waals surface area contributed by atoms with Crippen LogP contribution in [0.4, 0.5) is 5.00 Å². The highest BCUT2D eigenvalue weighted by Gasteiger charge is 2.32. The third-order valence-electron chi connectivity index (χ3n) is 4.73. The van der Waals surface area contributed by atoms with E-state index in [2.05, 4.69) is 10.6 Å². The molecule has 162 valence electrons. The van der Waals surface area contributed by atoms with Gasteiger partial charge in [0.1, 0.15) is 5.00 Å². The molecule has 2 N–H and O–H groups in total. The fourth-order valence-corrected chi connectivity index (χ4v) is 5.47. The molecule has 2 amide bonds. The molecule has 0 spiro atoms. The van der Waals surface area contributed by atoms with Gasteiger partial charge in [-0.2, -0.15) is 0 Å². The lowest BCUT2D eigenvalue weighted by Gasteiger charge is -2.19. The van der Waals surface area contributed by atoms with Crippen molar-refractivity contribution in [2.24, 2.45) is 5.41 Å². The topological polar surface area (TPSA) is 119 Å². The van der Waals surface area contributed by atoms with Gasteiger partial charge in [-0.15, -0.1) is 11.3 Å². The molecule has 0 bridgehead atoms. The second-order valence-corrected chi connectivity index (χ2v) is 11.8. The number of thiophene rings is 1. The van der Waals surface area contributed by atoms with Crippen molar-refractivity contribution in [3.8, 4) is 0 Å². The highest BCUT2D eigenvalue weighted by atomic mass is 32.2. The van der Waals surface area contributed by atoms with E-state index in [1.54, 1.807) is 27.7 Å². The Morgan fingerprint density at radius 3 is 2.34 bits per heavy atom. The zero-order chi connectivity index (χ0) is 22.1. The van der Waals surface area contributed by atoms with Crippen LogP contribution in [0.2, 0.25) is 0 Å². The van der Waals surface area contributed by atoms with Crippen molar-refractivity contribution >= 4 is 44.0 Å².